The number of hydrogen-bond acceptors (Lipinski definition) is 4. The SMILES string of the molecule is COc1ccc([N+](=O)[O-])c(CC(Br)C2CC2)n1. The molecule has 0 bridgehead atoms. The van der Waals surface area contributed by atoms with Crippen molar-refractivity contribution in [2.75, 3.05) is 7.11 Å². The predicted molar refractivity (Wildman–Crippen MR) is 66.6 cm³/mol. The summed E-state index contributed by atoms with van der Waals surface area (Å²) < 4.78 is 5.00. The van der Waals surface area contributed by atoms with Crippen LogP contribution in [0.15, 0.2) is 12.1 Å². The molecule has 0 N–H and O–H groups in total. The van der Waals surface area contributed by atoms with Crippen molar-refractivity contribution in [3.8, 4) is 5.88 Å². The summed E-state index contributed by atoms with van der Waals surface area (Å²) in [6.07, 6.45) is 2.94. The second-order valence-electron chi connectivity index (χ2n) is 4.13. The summed E-state index contributed by atoms with van der Waals surface area (Å²) in [5.41, 5.74) is 0.555. The van der Waals surface area contributed by atoms with Gasteiger partial charge in [0.25, 0.3) is 5.69 Å². The highest BCUT2D eigenvalue weighted by molar-refractivity contribution is 9.09. The Hall–Kier alpha value is -1.17. The molecule has 1 aromatic heterocycles. The maximum absolute atomic E-state index is 10.9. The van der Waals surface area contributed by atoms with Gasteiger partial charge in [-0.1, -0.05) is 15.9 Å². The number of halogens is 1. The van der Waals surface area contributed by atoms with Gasteiger partial charge < -0.3 is 4.74 Å². The molecule has 2 rings (SSSR count). The Kier molecular flexibility index (Phi) is 3.61. The maximum Gasteiger partial charge on any atom is 0.291 e. The van der Waals surface area contributed by atoms with Gasteiger partial charge in [0.05, 0.1) is 12.0 Å². The Morgan fingerprint density at radius 2 is 2.35 bits per heavy atom. The lowest BCUT2D eigenvalue weighted by atomic mass is 10.1. The molecule has 0 saturated heterocycles. The molecule has 0 amide bonds. The lowest BCUT2D eigenvalue weighted by Gasteiger charge is -2.09. The summed E-state index contributed by atoms with van der Waals surface area (Å²) in [6, 6.07) is 2.97. The van der Waals surface area contributed by atoms with Crippen molar-refractivity contribution in [2.45, 2.75) is 24.1 Å². The molecule has 6 heteroatoms. The van der Waals surface area contributed by atoms with E-state index in [1.54, 1.807) is 0 Å². The van der Waals surface area contributed by atoms with Crippen molar-refractivity contribution < 1.29 is 9.66 Å². The first kappa shape index (κ1) is 12.3. The number of nitro groups is 1. The molecule has 1 aromatic rings. The van der Waals surface area contributed by atoms with E-state index in [2.05, 4.69) is 20.9 Å². The fourth-order valence-electron chi connectivity index (χ4n) is 1.71. The lowest BCUT2D eigenvalue weighted by Crippen LogP contribution is -2.09. The van der Waals surface area contributed by atoms with Crippen LogP contribution in [0.5, 0.6) is 5.88 Å². The van der Waals surface area contributed by atoms with Crippen molar-refractivity contribution in [3.63, 3.8) is 0 Å². The number of nitrogens with zero attached hydrogens (tertiary/aromatic N) is 2. The van der Waals surface area contributed by atoms with E-state index in [9.17, 15) is 10.1 Å². The standard InChI is InChI=1S/C11H13BrN2O3/c1-17-11-5-4-10(14(15)16)9(13-11)6-8(12)7-2-3-7/h4-5,7-8H,2-3,6H2,1H3. The molecule has 5 nitrogen and oxygen atoms in total. The van der Waals surface area contributed by atoms with E-state index in [0.29, 0.717) is 23.9 Å². The third-order valence-electron chi connectivity index (χ3n) is 2.85. The Bertz CT molecular complexity index is 435. The quantitative estimate of drug-likeness (QED) is 0.476. The van der Waals surface area contributed by atoms with Crippen LogP contribution in [-0.2, 0) is 6.42 Å². The molecule has 1 fully saturated rings. The van der Waals surface area contributed by atoms with E-state index < -0.39 is 4.92 Å². The minimum Gasteiger partial charge on any atom is -0.481 e. The van der Waals surface area contributed by atoms with Crippen molar-refractivity contribution in [1.29, 1.82) is 0 Å². The van der Waals surface area contributed by atoms with E-state index in [-0.39, 0.29) is 10.5 Å². The molecule has 0 spiro atoms. The maximum atomic E-state index is 10.9. The molecule has 1 unspecified atom stereocenters. The highest BCUT2D eigenvalue weighted by Crippen LogP contribution is 2.39. The molecule has 0 radical (unpaired) electrons. The number of alkyl halides is 1. The van der Waals surface area contributed by atoms with Gasteiger partial charge in [-0.05, 0) is 18.8 Å². The Labute approximate surface area is 107 Å². The van der Waals surface area contributed by atoms with Crippen LogP contribution in [0, 0.1) is 16.0 Å². The normalized spacial score (nSPS) is 16.6. The van der Waals surface area contributed by atoms with Crippen LogP contribution in [0.25, 0.3) is 0 Å². The summed E-state index contributed by atoms with van der Waals surface area (Å²) in [5.74, 6) is 1.05. The largest absolute Gasteiger partial charge is 0.481 e. The van der Waals surface area contributed by atoms with Crippen LogP contribution >= 0.6 is 15.9 Å². The molecular weight excluding hydrogens is 288 g/mol. The summed E-state index contributed by atoms with van der Waals surface area (Å²) in [4.78, 5) is 14.9. The second kappa shape index (κ2) is 5.00. The van der Waals surface area contributed by atoms with E-state index in [4.69, 9.17) is 4.74 Å². The van der Waals surface area contributed by atoms with Gasteiger partial charge in [-0.15, -0.1) is 0 Å². The minimum absolute atomic E-state index is 0.0656. The highest BCUT2D eigenvalue weighted by Gasteiger charge is 2.31. The zero-order valence-corrected chi connectivity index (χ0v) is 11.0. The van der Waals surface area contributed by atoms with Gasteiger partial charge in [0.1, 0.15) is 5.69 Å². The molecule has 0 aliphatic heterocycles. The fraction of sp³-hybridized carbons (Fsp3) is 0.545. The van der Waals surface area contributed by atoms with Crippen molar-refractivity contribution in [3.05, 3.63) is 27.9 Å². The zero-order valence-electron chi connectivity index (χ0n) is 9.43. The first-order valence-electron chi connectivity index (χ1n) is 5.44. The average Bonchev–Trinajstić information content (AvgIpc) is 3.12. The highest BCUT2D eigenvalue weighted by atomic mass is 79.9. The summed E-state index contributed by atoms with van der Waals surface area (Å²) in [6.45, 7) is 0. The van der Waals surface area contributed by atoms with Gasteiger partial charge in [-0.2, -0.15) is 0 Å². The number of aromatic nitrogens is 1. The van der Waals surface area contributed by atoms with Crippen LogP contribution < -0.4 is 4.74 Å². The monoisotopic (exact) mass is 300 g/mol. The van der Waals surface area contributed by atoms with E-state index >= 15 is 0 Å². The molecule has 1 heterocycles. The van der Waals surface area contributed by atoms with Crippen LogP contribution in [0.2, 0.25) is 0 Å². The Balaban J connectivity index is 2.23. The Morgan fingerprint density at radius 1 is 1.65 bits per heavy atom. The third-order valence-corrected chi connectivity index (χ3v) is 3.92. The van der Waals surface area contributed by atoms with Crippen molar-refractivity contribution in [1.82, 2.24) is 4.98 Å². The predicted octanol–water partition coefficient (Wildman–Crippen LogP) is 2.71. The topological polar surface area (TPSA) is 65.3 Å². The van der Waals surface area contributed by atoms with E-state index in [1.807, 2.05) is 0 Å². The molecule has 17 heavy (non-hydrogen) atoms. The van der Waals surface area contributed by atoms with E-state index in [0.717, 1.165) is 0 Å². The van der Waals surface area contributed by atoms with E-state index in [1.165, 1.54) is 32.1 Å². The molecule has 1 atom stereocenters. The molecule has 1 saturated carbocycles. The lowest BCUT2D eigenvalue weighted by molar-refractivity contribution is -0.386. The third kappa shape index (κ3) is 2.94. The van der Waals surface area contributed by atoms with Gasteiger partial charge in [0.2, 0.25) is 5.88 Å². The molecule has 1 aliphatic carbocycles. The van der Waals surface area contributed by atoms with Crippen LogP contribution in [-0.4, -0.2) is 21.8 Å². The summed E-state index contributed by atoms with van der Waals surface area (Å²) in [5, 5.41) is 10.9. The number of hydrogen-bond donors (Lipinski definition) is 0. The zero-order chi connectivity index (χ0) is 12.4. The van der Waals surface area contributed by atoms with Gasteiger partial charge in [0.15, 0.2) is 0 Å². The van der Waals surface area contributed by atoms with Gasteiger partial charge in [0, 0.05) is 23.4 Å². The first-order valence-corrected chi connectivity index (χ1v) is 6.35. The first-order chi connectivity index (χ1) is 8.11. The smallest absolute Gasteiger partial charge is 0.291 e. The number of ether oxygens (including phenoxy) is 1. The molecule has 0 aromatic carbocycles. The number of methoxy groups -OCH3 is 1. The minimum atomic E-state index is -0.394. The van der Waals surface area contributed by atoms with Gasteiger partial charge >= 0.3 is 0 Å². The molecule has 92 valence electrons. The van der Waals surface area contributed by atoms with Crippen LogP contribution in [0.1, 0.15) is 18.5 Å². The van der Waals surface area contributed by atoms with Crippen LogP contribution in [0.4, 0.5) is 5.69 Å². The second-order valence-corrected chi connectivity index (χ2v) is 5.31. The summed E-state index contributed by atoms with van der Waals surface area (Å²) in [7, 11) is 1.50. The van der Waals surface area contributed by atoms with Crippen molar-refractivity contribution in [2.24, 2.45) is 5.92 Å². The fourth-order valence-corrected chi connectivity index (χ4v) is 2.55. The Morgan fingerprint density at radius 3 is 2.88 bits per heavy atom. The van der Waals surface area contributed by atoms with Gasteiger partial charge in [-0.3, -0.25) is 10.1 Å². The molecular formula is C11H13BrN2O3. The molecule has 1 aliphatic rings. The number of pyridine rings is 1. The average molecular weight is 301 g/mol. The summed E-state index contributed by atoms with van der Waals surface area (Å²) >= 11 is 3.57. The van der Waals surface area contributed by atoms with Gasteiger partial charge in [-0.25, -0.2) is 4.98 Å². The number of rotatable bonds is 5. The van der Waals surface area contributed by atoms with Crippen LogP contribution in [0.3, 0.4) is 0 Å². The van der Waals surface area contributed by atoms with Crippen molar-refractivity contribution >= 4 is 21.6 Å².